The van der Waals surface area contributed by atoms with Crippen molar-refractivity contribution in [3.8, 4) is 0 Å². The molecule has 0 aromatic rings. The van der Waals surface area contributed by atoms with Crippen LogP contribution in [0, 0.1) is 11.8 Å². The third kappa shape index (κ3) is 2.22. The third-order valence-electron chi connectivity index (χ3n) is 2.37. The van der Waals surface area contributed by atoms with Gasteiger partial charge in [-0.3, -0.25) is 9.59 Å². The molecule has 1 aliphatic carbocycles. The lowest BCUT2D eigenvalue weighted by Gasteiger charge is -2.12. The van der Waals surface area contributed by atoms with E-state index in [1.807, 2.05) is 0 Å². The van der Waals surface area contributed by atoms with Gasteiger partial charge in [0.25, 0.3) is 0 Å². The van der Waals surface area contributed by atoms with Crippen molar-refractivity contribution in [2.24, 2.45) is 11.8 Å². The first-order valence-electron chi connectivity index (χ1n) is 4.06. The average molecular weight is 171 g/mol. The Balaban J connectivity index is 2.38. The van der Waals surface area contributed by atoms with Gasteiger partial charge in [-0.15, -0.1) is 0 Å². The molecule has 0 aliphatic heterocycles. The van der Waals surface area contributed by atoms with Gasteiger partial charge in [0.15, 0.2) is 0 Å². The minimum absolute atomic E-state index is 0.0355. The van der Waals surface area contributed by atoms with E-state index in [1.54, 1.807) is 0 Å². The lowest BCUT2D eigenvalue weighted by molar-refractivity contribution is -0.137. The van der Waals surface area contributed by atoms with Gasteiger partial charge in [0.05, 0.1) is 6.42 Å². The number of carboxylic acid groups (broad SMARTS) is 1. The maximum Gasteiger partial charge on any atom is 0.305 e. The normalized spacial score (nSPS) is 29.1. The van der Waals surface area contributed by atoms with Crippen LogP contribution in [-0.4, -0.2) is 23.5 Å². The van der Waals surface area contributed by atoms with Crippen molar-refractivity contribution in [3.63, 3.8) is 0 Å². The minimum atomic E-state index is -0.853. The molecule has 68 valence electrons. The smallest absolute Gasteiger partial charge is 0.305 e. The van der Waals surface area contributed by atoms with Crippen LogP contribution in [0.15, 0.2) is 0 Å². The van der Waals surface area contributed by atoms with E-state index < -0.39 is 5.97 Å². The maximum absolute atomic E-state index is 10.4. The Labute approximate surface area is 71.0 Å². The van der Waals surface area contributed by atoms with Gasteiger partial charge in [-0.2, -0.15) is 0 Å². The number of hydrogen-bond donors (Lipinski definition) is 2. The number of aliphatic carboxylic acids is 1. The van der Waals surface area contributed by atoms with E-state index in [0.717, 1.165) is 6.42 Å². The van der Waals surface area contributed by atoms with Gasteiger partial charge in [-0.25, -0.2) is 0 Å². The van der Waals surface area contributed by atoms with Crippen LogP contribution in [0.2, 0.25) is 0 Å². The molecule has 1 saturated carbocycles. The number of nitrogens with one attached hydrogen (secondary N) is 1. The Morgan fingerprint density at radius 2 is 2.42 bits per heavy atom. The predicted octanol–water partition coefficient (Wildman–Crippen LogP) is 0.232. The molecule has 0 spiro atoms. The van der Waals surface area contributed by atoms with Gasteiger partial charge in [0.1, 0.15) is 0 Å². The highest BCUT2D eigenvalue weighted by Crippen LogP contribution is 2.41. The predicted molar refractivity (Wildman–Crippen MR) is 42.5 cm³/mol. The summed E-state index contributed by atoms with van der Waals surface area (Å²) < 4.78 is 0. The van der Waals surface area contributed by atoms with Crippen molar-refractivity contribution in [2.75, 3.05) is 0 Å². The fourth-order valence-corrected chi connectivity index (χ4v) is 1.52. The molecule has 2 N–H and O–H groups in total. The summed E-state index contributed by atoms with van der Waals surface area (Å²) in [5.41, 5.74) is 0. The van der Waals surface area contributed by atoms with E-state index in [1.165, 1.54) is 0 Å². The Bertz CT molecular complexity index is 193. The van der Waals surface area contributed by atoms with Crippen LogP contribution < -0.4 is 5.32 Å². The Hall–Kier alpha value is -1.06. The summed E-state index contributed by atoms with van der Waals surface area (Å²) in [5, 5.41) is 11.1. The van der Waals surface area contributed by atoms with Gasteiger partial charge in [-0.1, -0.05) is 6.92 Å². The number of carbonyl (C=O) groups excluding carboxylic acids is 1. The second-order valence-corrected chi connectivity index (χ2v) is 3.37. The fourth-order valence-electron chi connectivity index (χ4n) is 1.52. The van der Waals surface area contributed by atoms with Crippen LogP contribution in [0.4, 0.5) is 0 Å². The van der Waals surface area contributed by atoms with Gasteiger partial charge in [0.2, 0.25) is 6.41 Å². The number of hydrogen-bond acceptors (Lipinski definition) is 2. The molecule has 1 rings (SSSR count). The van der Waals surface area contributed by atoms with Crippen LogP contribution in [0.5, 0.6) is 0 Å². The standard InChI is InChI=1S/C8H13NO3/c1-5-2-6(5)7(9-4-10)3-8(11)12/h4-7H,2-3H2,1H3,(H,9,10)(H,11,12)/t5?,6?,7-/m1/s1. The topological polar surface area (TPSA) is 66.4 Å². The molecule has 0 bridgehead atoms. The number of amides is 1. The second kappa shape index (κ2) is 3.56. The van der Waals surface area contributed by atoms with Gasteiger partial charge in [-0.05, 0) is 18.3 Å². The molecule has 4 heteroatoms. The molecule has 0 radical (unpaired) electrons. The van der Waals surface area contributed by atoms with Crippen LogP contribution in [0.3, 0.4) is 0 Å². The van der Waals surface area contributed by atoms with E-state index in [2.05, 4.69) is 12.2 Å². The number of carbonyl (C=O) groups is 2. The Kier molecular flexibility index (Phi) is 2.68. The van der Waals surface area contributed by atoms with Crippen molar-refractivity contribution in [1.82, 2.24) is 5.32 Å². The first-order chi connectivity index (χ1) is 5.65. The van der Waals surface area contributed by atoms with E-state index in [0.29, 0.717) is 18.2 Å². The van der Waals surface area contributed by atoms with Gasteiger partial charge in [0, 0.05) is 6.04 Å². The molecule has 0 aromatic heterocycles. The lowest BCUT2D eigenvalue weighted by atomic mass is 10.1. The first kappa shape index (κ1) is 9.03. The van der Waals surface area contributed by atoms with Crippen molar-refractivity contribution < 1.29 is 14.7 Å². The zero-order valence-electron chi connectivity index (χ0n) is 6.99. The van der Waals surface area contributed by atoms with Gasteiger partial charge >= 0.3 is 5.97 Å². The summed E-state index contributed by atoms with van der Waals surface area (Å²) in [4.78, 5) is 20.5. The number of carboxylic acids is 1. The van der Waals surface area contributed by atoms with Crippen LogP contribution in [0.25, 0.3) is 0 Å². The van der Waals surface area contributed by atoms with Crippen molar-refractivity contribution in [3.05, 3.63) is 0 Å². The van der Waals surface area contributed by atoms with Crippen molar-refractivity contribution in [1.29, 1.82) is 0 Å². The lowest BCUT2D eigenvalue weighted by Crippen LogP contribution is -2.32. The monoisotopic (exact) mass is 171 g/mol. The number of rotatable bonds is 5. The van der Waals surface area contributed by atoms with Gasteiger partial charge < -0.3 is 10.4 Å². The summed E-state index contributed by atoms with van der Waals surface area (Å²) in [6, 6.07) is -0.171. The minimum Gasteiger partial charge on any atom is -0.481 e. The summed E-state index contributed by atoms with van der Waals surface area (Å²) in [7, 11) is 0. The van der Waals surface area contributed by atoms with E-state index in [-0.39, 0.29) is 12.5 Å². The van der Waals surface area contributed by atoms with E-state index in [4.69, 9.17) is 5.11 Å². The molecule has 1 fully saturated rings. The molecule has 0 heterocycles. The summed E-state index contributed by atoms with van der Waals surface area (Å²) in [6.07, 6.45) is 1.64. The molecule has 1 amide bonds. The molecule has 12 heavy (non-hydrogen) atoms. The summed E-state index contributed by atoms with van der Waals surface area (Å²) in [5.74, 6) is 0.0709. The molecule has 0 saturated heterocycles. The molecule has 1 aliphatic rings. The Morgan fingerprint density at radius 1 is 1.83 bits per heavy atom. The van der Waals surface area contributed by atoms with Crippen LogP contribution in [0.1, 0.15) is 19.8 Å². The average Bonchev–Trinajstić information content (AvgIpc) is 2.65. The van der Waals surface area contributed by atoms with E-state index >= 15 is 0 Å². The molecular formula is C8H13NO3. The van der Waals surface area contributed by atoms with Crippen LogP contribution >= 0.6 is 0 Å². The molecule has 0 aromatic carbocycles. The SMILES string of the molecule is CC1CC1[C@@H](CC(=O)O)NC=O. The first-order valence-corrected chi connectivity index (χ1v) is 4.06. The van der Waals surface area contributed by atoms with E-state index in [9.17, 15) is 9.59 Å². The quantitative estimate of drug-likeness (QED) is 0.582. The fraction of sp³-hybridized carbons (Fsp3) is 0.750. The molecule has 2 unspecified atom stereocenters. The zero-order valence-corrected chi connectivity index (χ0v) is 6.99. The summed E-state index contributed by atoms with van der Waals surface area (Å²) >= 11 is 0. The highest BCUT2D eigenvalue weighted by atomic mass is 16.4. The van der Waals surface area contributed by atoms with Crippen molar-refractivity contribution >= 4 is 12.4 Å². The highest BCUT2D eigenvalue weighted by molar-refractivity contribution is 5.68. The zero-order chi connectivity index (χ0) is 9.14. The molecular weight excluding hydrogens is 158 g/mol. The third-order valence-corrected chi connectivity index (χ3v) is 2.37. The maximum atomic E-state index is 10.4. The molecule has 3 atom stereocenters. The van der Waals surface area contributed by atoms with Crippen molar-refractivity contribution in [2.45, 2.75) is 25.8 Å². The largest absolute Gasteiger partial charge is 0.481 e. The second-order valence-electron chi connectivity index (χ2n) is 3.37. The highest BCUT2D eigenvalue weighted by Gasteiger charge is 2.40. The molecule has 4 nitrogen and oxygen atoms in total. The van der Waals surface area contributed by atoms with Crippen LogP contribution in [-0.2, 0) is 9.59 Å². The Morgan fingerprint density at radius 3 is 2.75 bits per heavy atom. The summed E-state index contributed by atoms with van der Waals surface area (Å²) in [6.45, 7) is 2.06.